The van der Waals surface area contributed by atoms with Crippen LogP contribution in [-0.4, -0.2) is 17.2 Å². The summed E-state index contributed by atoms with van der Waals surface area (Å²) >= 11 is 0. The molecule has 0 aliphatic rings. The van der Waals surface area contributed by atoms with Crippen LogP contribution in [0.2, 0.25) is 0 Å². The minimum Gasteiger partial charge on any atom is -0.805 e. The number of para-hydroxylation sites is 2. The summed E-state index contributed by atoms with van der Waals surface area (Å²) in [4.78, 5) is 24.1. The SMILES string of the molecule is C=CCNC(=O)c1c(C)n([O-])c2ccccc2[n+]1=O. The molecule has 6 heteroatoms. The van der Waals surface area contributed by atoms with Crippen LogP contribution in [0.4, 0.5) is 0 Å². The summed E-state index contributed by atoms with van der Waals surface area (Å²) in [7, 11) is 0. The highest BCUT2D eigenvalue weighted by Gasteiger charge is 2.26. The molecule has 1 aromatic heterocycles. The van der Waals surface area contributed by atoms with E-state index in [4.69, 9.17) is 0 Å². The average molecular weight is 259 g/mol. The summed E-state index contributed by atoms with van der Waals surface area (Å²) < 4.78 is 1.07. The van der Waals surface area contributed by atoms with E-state index in [1.165, 1.54) is 25.1 Å². The molecule has 1 aromatic carbocycles. The van der Waals surface area contributed by atoms with Gasteiger partial charge < -0.3 is 15.3 Å². The number of hydrogen-bond acceptors (Lipinski definition) is 3. The number of amides is 1. The largest absolute Gasteiger partial charge is 0.805 e. The van der Waals surface area contributed by atoms with Gasteiger partial charge in [0.05, 0.1) is 10.1 Å². The Morgan fingerprint density at radius 2 is 2.21 bits per heavy atom. The van der Waals surface area contributed by atoms with Gasteiger partial charge in [-0.1, -0.05) is 18.2 Å². The molecule has 0 aliphatic heterocycles. The third-order valence-electron chi connectivity index (χ3n) is 2.79. The van der Waals surface area contributed by atoms with Crippen LogP contribution in [0.15, 0.2) is 36.9 Å². The molecule has 98 valence electrons. The van der Waals surface area contributed by atoms with Crippen molar-refractivity contribution in [2.75, 3.05) is 6.54 Å². The van der Waals surface area contributed by atoms with Crippen LogP contribution in [0, 0.1) is 17.0 Å². The number of carbonyl (C=O) groups excluding carboxylic acids is 1. The molecule has 0 atom stereocenters. The van der Waals surface area contributed by atoms with Crippen LogP contribution in [0.25, 0.3) is 11.0 Å². The first-order valence-corrected chi connectivity index (χ1v) is 5.71. The second-order valence-electron chi connectivity index (χ2n) is 4.01. The van der Waals surface area contributed by atoms with Crippen molar-refractivity contribution in [3.05, 3.63) is 58.4 Å². The van der Waals surface area contributed by atoms with E-state index in [0.717, 1.165) is 0 Å². The smallest absolute Gasteiger partial charge is 0.346 e. The quantitative estimate of drug-likeness (QED) is 0.662. The van der Waals surface area contributed by atoms with Gasteiger partial charge in [-0.15, -0.1) is 6.58 Å². The summed E-state index contributed by atoms with van der Waals surface area (Å²) in [6.07, 6.45) is 1.49. The minimum atomic E-state index is -0.595. The molecule has 0 spiro atoms. The van der Waals surface area contributed by atoms with Crippen molar-refractivity contribution in [1.29, 1.82) is 0 Å². The van der Waals surface area contributed by atoms with Gasteiger partial charge in [0.1, 0.15) is 5.52 Å². The van der Waals surface area contributed by atoms with Gasteiger partial charge in [-0.25, -0.2) is 0 Å². The maximum Gasteiger partial charge on any atom is 0.346 e. The lowest BCUT2D eigenvalue weighted by Gasteiger charge is -2.15. The highest BCUT2D eigenvalue weighted by atomic mass is 16.5. The predicted molar refractivity (Wildman–Crippen MR) is 71.3 cm³/mol. The molecule has 1 heterocycles. The minimum absolute atomic E-state index is 0.0651. The summed E-state index contributed by atoms with van der Waals surface area (Å²) in [6.45, 7) is 5.14. The fraction of sp³-hybridized carbons (Fsp3) is 0.154. The lowest BCUT2D eigenvalue weighted by molar-refractivity contribution is -0.468. The Morgan fingerprint density at radius 1 is 1.53 bits per heavy atom. The molecule has 0 fully saturated rings. The maximum atomic E-state index is 12.2. The van der Waals surface area contributed by atoms with Crippen LogP contribution in [0.1, 0.15) is 16.2 Å². The monoisotopic (exact) mass is 259 g/mol. The van der Waals surface area contributed by atoms with Crippen molar-refractivity contribution >= 4 is 16.9 Å². The second-order valence-corrected chi connectivity index (χ2v) is 4.01. The molecule has 6 nitrogen and oxygen atoms in total. The lowest BCUT2D eigenvalue weighted by atomic mass is 10.2. The lowest BCUT2D eigenvalue weighted by Crippen LogP contribution is -2.36. The zero-order chi connectivity index (χ0) is 14.0. The number of aromatic nitrogens is 2. The molecule has 0 unspecified atom stereocenters. The van der Waals surface area contributed by atoms with Crippen LogP contribution in [-0.2, 0) is 0 Å². The molecule has 0 bridgehead atoms. The van der Waals surface area contributed by atoms with Gasteiger partial charge in [0.25, 0.3) is 5.52 Å². The van der Waals surface area contributed by atoms with E-state index in [2.05, 4.69) is 11.9 Å². The van der Waals surface area contributed by atoms with Crippen molar-refractivity contribution in [1.82, 2.24) is 10.0 Å². The Bertz CT molecular complexity index is 719. The van der Waals surface area contributed by atoms with E-state index in [9.17, 15) is 14.9 Å². The van der Waals surface area contributed by atoms with Crippen molar-refractivity contribution < 1.29 is 9.22 Å². The van der Waals surface area contributed by atoms with Gasteiger partial charge in [-0.05, 0) is 13.0 Å². The predicted octanol–water partition coefficient (Wildman–Crippen LogP) is 1.13. The fourth-order valence-corrected chi connectivity index (χ4v) is 1.86. The van der Waals surface area contributed by atoms with E-state index < -0.39 is 5.91 Å². The topological polar surface area (TPSA) is 80.1 Å². The molecular formula is C13H13N3O3. The molecule has 0 saturated heterocycles. The number of nitrogens with one attached hydrogen (secondary N) is 1. The summed E-state index contributed by atoms with van der Waals surface area (Å²) in [5.41, 5.74) is 0.257. The first-order chi connectivity index (χ1) is 9.07. The second kappa shape index (κ2) is 4.93. The first-order valence-electron chi connectivity index (χ1n) is 5.71. The Labute approximate surface area is 109 Å². The van der Waals surface area contributed by atoms with Crippen LogP contribution < -0.4 is 9.74 Å². The van der Waals surface area contributed by atoms with Crippen LogP contribution >= 0.6 is 0 Å². The van der Waals surface area contributed by atoms with Gasteiger partial charge in [-0.3, -0.25) is 4.79 Å². The van der Waals surface area contributed by atoms with E-state index in [-0.39, 0.29) is 29.0 Å². The molecule has 2 aromatic rings. The normalized spacial score (nSPS) is 10.4. The maximum absolute atomic E-state index is 12.2. The van der Waals surface area contributed by atoms with Crippen molar-refractivity contribution in [2.24, 2.45) is 0 Å². The van der Waals surface area contributed by atoms with Crippen molar-refractivity contribution in [3.8, 4) is 0 Å². The van der Waals surface area contributed by atoms with E-state index in [1.54, 1.807) is 12.1 Å². The molecule has 2 rings (SSSR count). The fourth-order valence-electron chi connectivity index (χ4n) is 1.86. The molecule has 0 radical (unpaired) electrons. The number of nitrogens with zero attached hydrogens (tertiary/aromatic N) is 2. The summed E-state index contributed by atoms with van der Waals surface area (Å²) in [5, 5.41) is 14.5. The van der Waals surface area contributed by atoms with Gasteiger partial charge in [0.15, 0.2) is 0 Å². The van der Waals surface area contributed by atoms with Gasteiger partial charge in [0.2, 0.25) is 0 Å². The molecule has 0 aliphatic carbocycles. The van der Waals surface area contributed by atoms with Crippen LogP contribution in [0.3, 0.4) is 0 Å². The molecular weight excluding hydrogens is 246 g/mol. The van der Waals surface area contributed by atoms with Gasteiger partial charge >= 0.3 is 11.6 Å². The highest BCUT2D eigenvalue weighted by molar-refractivity contribution is 5.93. The third-order valence-corrected chi connectivity index (χ3v) is 2.79. The Kier molecular flexibility index (Phi) is 3.33. The number of benzene rings is 1. The third kappa shape index (κ3) is 2.08. The van der Waals surface area contributed by atoms with Crippen molar-refractivity contribution in [2.45, 2.75) is 6.92 Å². The molecule has 1 amide bonds. The molecule has 0 saturated carbocycles. The Hall–Kier alpha value is -2.63. The molecule has 19 heavy (non-hydrogen) atoms. The highest BCUT2D eigenvalue weighted by Crippen LogP contribution is 2.13. The van der Waals surface area contributed by atoms with E-state index in [0.29, 0.717) is 9.16 Å². The van der Waals surface area contributed by atoms with E-state index >= 15 is 0 Å². The van der Waals surface area contributed by atoms with Gasteiger partial charge in [-0.2, -0.15) is 0 Å². The summed E-state index contributed by atoms with van der Waals surface area (Å²) in [5.74, 6) is -0.595. The summed E-state index contributed by atoms with van der Waals surface area (Å²) in [6, 6.07) is 6.33. The Balaban J connectivity index is 2.71. The molecule has 1 N–H and O–H groups in total. The number of fused-ring (bicyclic) bond motifs is 1. The van der Waals surface area contributed by atoms with Crippen molar-refractivity contribution in [3.63, 3.8) is 0 Å². The zero-order valence-electron chi connectivity index (χ0n) is 10.4. The number of hydrogen-bond donors (Lipinski definition) is 1. The zero-order valence-corrected chi connectivity index (χ0v) is 10.4. The Morgan fingerprint density at radius 3 is 2.89 bits per heavy atom. The number of carbonyl (C=O) groups is 1. The standard InChI is InChI=1S/C13H13N3O3/c1-3-8-14-13(17)12-9(2)15(18)10-6-4-5-7-11(10)16(12)19/h3-7H,1,8H2,2H3,(H,14,17). The van der Waals surface area contributed by atoms with Gasteiger partial charge in [0, 0.05) is 17.5 Å². The average Bonchev–Trinajstić information content (AvgIpc) is 2.43. The van der Waals surface area contributed by atoms with E-state index in [1.807, 2.05) is 0 Å². The first kappa shape index (κ1) is 12.8. The van der Waals surface area contributed by atoms with Crippen LogP contribution in [0.5, 0.6) is 0 Å². The number of rotatable bonds is 3.